The number of benzene rings is 2. The highest BCUT2D eigenvalue weighted by Crippen LogP contribution is 2.31. The number of nitro groups is 1. The van der Waals surface area contributed by atoms with E-state index in [0.29, 0.717) is 22.7 Å². The summed E-state index contributed by atoms with van der Waals surface area (Å²) in [5.74, 6) is -0.349. The lowest BCUT2D eigenvalue weighted by atomic mass is 10.1. The Balaban J connectivity index is 1.69. The van der Waals surface area contributed by atoms with Crippen molar-refractivity contribution in [2.75, 3.05) is 10.6 Å². The van der Waals surface area contributed by atoms with Crippen LogP contribution in [0.2, 0.25) is 0 Å². The number of hydrogen-bond donors (Lipinski definition) is 2. The van der Waals surface area contributed by atoms with Crippen molar-refractivity contribution in [1.29, 1.82) is 0 Å². The number of aryl methyl sites for hydroxylation is 1. The molecule has 2 amide bonds. The Kier molecular flexibility index (Phi) is 3.84. The van der Waals surface area contributed by atoms with Gasteiger partial charge in [0.25, 0.3) is 5.69 Å². The van der Waals surface area contributed by atoms with Gasteiger partial charge in [-0.05, 0) is 30.7 Å². The molecule has 3 aromatic rings. The number of amides is 2. The number of nitrogens with one attached hydrogen (secondary N) is 2. The minimum absolute atomic E-state index is 0.0226. The van der Waals surface area contributed by atoms with E-state index in [1.807, 2.05) is 24.3 Å². The molecular formula is C18H15N5O4. The van der Waals surface area contributed by atoms with E-state index in [9.17, 15) is 19.7 Å². The summed E-state index contributed by atoms with van der Waals surface area (Å²) in [5.41, 5.74) is 2.40. The van der Waals surface area contributed by atoms with Gasteiger partial charge in [0, 0.05) is 17.8 Å². The first-order chi connectivity index (χ1) is 12.9. The number of anilines is 2. The van der Waals surface area contributed by atoms with Gasteiger partial charge in [-0.25, -0.2) is 4.98 Å². The Hall–Kier alpha value is -3.75. The van der Waals surface area contributed by atoms with Crippen molar-refractivity contribution in [3.63, 3.8) is 0 Å². The molecule has 0 spiro atoms. The van der Waals surface area contributed by atoms with E-state index in [1.165, 1.54) is 18.2 Å². The van der Waals surface area contributed by atoms with Crippen LogP contribution in [0.1, 0.15) is 18.0 Å². The fourth-order valence-electron chi connectivity index (χ4n) is 3.22. The van der Waals surface area contributed by atoms with Crippen molar-refractivity contribution in [2.24, 2.45) is 0 Å². The van der Waals surface area contributed by atoms with Crippen LogP contribution in [0.3, 0.4) is 0 Å². The molecule has 2 aromatic carbocycles. The molecule has 9 nitrogen and oxygen atoms in total. The smallest absolute Gasteiger partial charge is 0.269 e. The standard InChI is InChI=1S/C18H15N5O4/c1-10-8-11(23(26)27)6-7-12(10)19-17(25)15-9-16(24)21-18-20-13-4-2-3-5-14(13)22(15)18/h2-8,15H,9H2,1H3,(H,19,25)(H,20,21,24)/t15-/m0/s1. The summed E-state index contributed by atoms with van der Waals surface area (Å²) in [6.45, 7) is 1.67. The van der Waals surface area contributed by atoms with Crippen LogP contribution >= 0.6 is 0 Å². The van der Waals surface area contributed by atoms with Gasteiger partial charge in [-0.15, -0.1) is 0 Å². The minimum Gasteiger partial charge on any atom is -0.324 e. The van der Waals surface area contributed by atoms with E-state index < -0.39 is 11.0 Å². The third-order valence-corrected chi connectivity index (χ3v) is 4.52. The van der Waals surface area contributed by atoms with Crippen LogP contribution in [0.25, 0.3) is 11.0 Å². The molecule has 136 valence electrons. The number of aromatic nitrogens is 2. The number of fused-ring (bicyclic) bond motifs is 3. The van der Waals surface area contributed by atoms with Gasteiger partial charge in [0.05, 0.1) is 22.4 Å². The first-order valence-corrected chi connectivity index (χ1v) is 8.27. The molecule has 27 heavy (non-hydrogen) atoms. The summed E-state index contributed by atoms with van der Waals surface area (Å²) in [6.07, 6.45) is -0.0226. The highest BCUT2D eigenvalue weighted by atomic mass is 16.6. The normalized spacial score (nSPS) is 15.9. The molecular weight excluding hydrogens is 350 g/mol. The number of para-hydroxylation sites is 2. The van der Waals surface area contributed by atoms with E-state index in [1.54, 1.807) is 11.5 Å². The van der Waals surface area contributed by atoms with Crippen molar-refractivity contribution in [3.05, 3.63) is 58.1 Å². The molecule has 1 aromatic heterocycles. The Morgan fingerprint density at radius 3 is 2.85 bits per heavy atom. The Bertz CT molecular complexity index is 1100. The topological polar surface area (TPSA) is 119 Å². The number of hydrogen-bond acceptors (Lipinski definition) is 5. The Morgan fingerprint density at radius 1 is 1.33 bits per heavy atom. The predicted octanol–water partition coefficient (Wildman–Crippen LogP) is 2.77. The maximum atomic E-state index is 12.9. The molecule has 0 bridgehead atoms. The fraction of sp³-hybridized carbons (Fsp3) is 0.167. The van der Waals surface area contributed by atoms with Gasteiger partial charge in [-0.3, -0.25) is 29.6 Å². The number of carbonyl (C=O) groups is 2. The molecule has 1 aliphatic heterocycles. The van der Waals surface area contributed by atoms with E-state index in [-0.39, 0.29) is 23.9 Å². The molecule has 2 N–H and O–H groups in total. The number of imidazole rings is 1. The van der Waals surface area contributed by atoms with Gasteiger partial charge in [-0.2, -0.15) is 0 Å². The van der Waals surface area contributed by atoms with Crippen molar-refractivity contribution in [1.82, 2.24) is 9.55 Å². The second kappa shape index (κ2) is 6.20. The number of carbonyl (C=O) groups excluding carboxylic acids is 2. The average Bonchev–Trinajstić information content (AvgIpc) is 3.00. The average molecular weight is 365 g/mol. The second-order valence-electron chi connectivity index (χ2n) is 6.31. The minimum atomic E-state index is -0.768. The summed E-state index contributed by atoms with van der Waals surface area (Å²) in [6, 6.07) is 10.7. The summed E-state index contributed by atoms with van der Waals surface area (Å²) in [7, 11) is 0. The molecule has 0 aliphatic carbocycles. The van der Waals surface area contributed by atoms with Gasteiger partial charge in [-0.1, -0.05) is 12.1 Å². The van der Waals surface area contributed by atoms with Gasteiger partial charge in [0.1, 0.15) is 6.04 Å². The second-order valence-corrected chi connectivity index (χ2v) is 6.31. The van der Waals surface area contributed by atoms with Crippen LogP contribution in [-0.2, 0) is 9.59 Å². The highest BCUT2D eigenvalue weighted by Gasteiger charge is 2.33. The zero-order chi connectivity index (χ0) is 19.1. The van der Waals surface area contributed by atoms with E-state index in [0.717, 1.165) is 5.52 Å². The SMILES string of the molecule is Cc1cc([N+](=O)[O-])ccc1NC(=O)[C@@H]1CC(=O)Nc2nc3ccccc3n21. The lowest BCUT2D eigenvalue weighted by Gasteiger charge is -2.25. The van der Waals surface area contributed by atoms with Crippen molar-refractivity contribution < 1.29 is 14.5 Å². The van der Waals surface area contributed by atoms with Crippen LogP contribution in [0.4, 0.5) is 17.3 Å². The number of rotatable bonds is 3. The molecule has 9 heteroatoms. The van der Waals surface area contributed by atoms with E-state index in [4.69, 9.17) is 0 Å². The maximum Gasteiger partial charge on any atom is 0.269 e. The lowest BCUT2D eigenvalue weighted by molar-refractivity contribution is -0.384. The van der Waals surface area contributed by atoms with Crippen LogP contribution in [0.5, 0.6) is 0 Å². The quantitative estimate of drug-likeness (QED) is 0.546. The molecule has 2 heterocycles. The molecule has 0 saturated carbocycles. The van der Waals surface area contributed by atoms with Crippen LogP contribution in [0, 0.1) is 17.0 Å². The molecule has 0 radical (unpaired) electrons. The van der Waals surface area contributed by atoms with Gasteiger partial charge in [0.2, 0.25) is 17.8 Å². The van der Waals surface area contributed by atoms with E-state index >= 15 is 0 Å². The zero-order valence-corrected chi connectivity index (χ0v) is 14.3. The van der Waals surface area contributed by atoms with Crippen LogP contribution in [-0.4, -0.2) is 26.3 Å². The van der Waals surface area contributed by atoms with E-state index in [2.05, 4.69) is 15.6 Å². The molecule has 0 fully saturated rings. The molecule has 4 rings (SSSR count). The molecule has 0 saturated heterocycles. The fourth-order valence-corrected chi connectivity index (χ4v) is 3.22. The number of non-ortho nitro benzene ring substituents is 1. The zero-order valence-electron chi connectivity index (χ0n) is 14.3. The third kappa shape index (κ3) is 2.88. The first-order valence-electron chi connectivity index (χ1n) is 8.27. The molecule has 1 atom stereocenters. The van der Waals surface area contributed by atoms with Crippen molar-refractivity contribution in [3.8, 4) is 0 Å². The summed E-state index contributed by atoms with van der Waals surface area (Å²) in [5, 5.41) is 16.3. The van der Waals surface area contributed by atoms with Crippen molar-refractivity contribution >= 4 is 40.2 Å². The van der Waals surface area contributed by atoms with Crippen molar-refractivity contribution in [2.45, 2.75) is 19.4 Å². The lowest BCUT2D eigenvalue weighted by Crippen LogP contribution is -2.35. The summed E-state index contributed by atoms with van der Waals surface area (Å²) in [4.78, 5) is 39.7. The van der Waals surface area contributed by atoms with Gasteiger partial charge in [0.15, 0.2) is 0 Å². The Labute approximate surface area is 153 Å². The van der Waals surface area contributed by atoms with Gasteiger partial charge >= 0.3 is 0 Å². The number of nitro benzene ring substituents is 1. The summed E-state index contributed by atoms with van der Waals surface area (Å²) < 4.78 is 1.70. The van der Waals surface area contributed by atoms with Crippen LogP contribution in [0.15, 0.2) is 42.5 Å². The molecule has 1 aliphatic rings. The number of nitrogens with zero attached hydrogens (tertiary/aromatic N) is 3. The Morgan fingerprint density at radius 2 is 2.11 bits per heavy atom. The monoisotopic (exact) mass is 365 g/mol. The summed E-state index contributed by atoms with van der Waals surface area (Å²) >= 11 is 0. The van der Waals surface area contributed by atoms with Gasteiger partial charge < -0.3 is 5.32 Å². The van der Waals surface area contributed by atoms with Crippen LogP contribution < -0.4 is 10.6 Å². The third-order valence-electron chi connectivity index (χ3n) is 4.52. The predicted molar refractivity (Wildman–Crippen MR) is 98.5 cm³/mol. The largest absolute Gasteiger partial charge is 0.324 e. The molecule has 0 unspecified atom stereocenters. The highest BCUT2D eigenvalue weighted by molar-refractivity contribution is 6.03. The first kappa shape index (κ1) is 16.7. The maximum absolute atomic E-state index is 12.9.